The molecule has 0 amide bonds. The highest BCUT2D eigenvalue weighted by molar-refractivity contribution is 6.14. The lowest BCUT2D eigenvalue weighted by atomic mass is 10.2. The van der Waals surface area contributed by atoms with Crippen LogP contribution in [0.15, 0.2) is 36.6 Å². The molecule has 25 heavy (non-hydrogen) atoms. The Balaban J connectivity index is 4.66. The van der Waals surface area contributed by atoms with Gasteiger partial charge in [-0.2, -0.15) is 0 Å². The molecule has 0 aromatic heterocycles. The van der Waals surface area contributed by atoms with Crippen LogP contribution in [0.5, 0.6) is 0 Å². The molecular formula is C18H27NO6. The zero-order valence-corrected chi connectivity index (χ0v) is 15.2. The van der Waals surface area contributed by atoms with Crippen LogP contribution in [0.1, 0.15) is 27.2 Å². The fourth-order valence-corrected chi connectivity index (χ4v) is 1.72. The molecule has 0 heterocycles. The quantitative estimate of drug-likeness (QED) is 0.174. The number of hydrogen-bond donors (Lipinski definition) is 0. The summed E-state index contributed by atoms with van der Waals surface area (Å²) in [5.41, 5.74) is -0.115. The number of rotatable bonds is 12. The van der Waals surface area contributed by atoms with Crippen LogP contribution in [-0.4, -0.2) is 55.7 Å². The van der Waals surface area contributed by atoms with Crippen LogP contribution in [0.25, 0.3) is 0 Å². The highest BCUT2D eigenvalue weighted by Gasteiger charge is 2.19. The van der Waals surface area contributed by atoms with Gasteiger partial charge in [-0.05, 0) is 33.4 Å². The summed E-state index contributed by atoms with van der Waals surface area (Å²) < 4.78 is 14.6. The van der Waals surface area contributed by atoms with Gasteiger partial charge < -0.3 is 19.1 Å². The molecule has 0 aliphatic rings. The number of carbonyl (C=O) groups excluding carboxylic acids is 3. The Morgan fingerprint density at radius 1 is 1.00 bits per heavy atom. The minimum Gasteiger partial charge on any atom is -0.462 e. The molecule has 0 radical (unpaired) electrons. The largest absolute Gasteiger partial charge is 0.462 e. The highest BCUT2D eigenvalue weighted by atomic mass is 16.6. The third-order valence-electron chi connectivity index (χ3n) is 2.96. The zero-order valence-electron chi connectivity index (χ0n) is 15.2. The van der Waals surface area contributed by atoms with Gasteiger partial charge in [-0.1, -0.05) is 18.7 Å². The number of esters is 3. The third-order valence-corrected chi connectivity index (χ3v) is 2.96. The van der Waals surface area contributed by atoms with Crippen molar-refractivity contribution in [1.29, 1.82) is 0 Å². The van der Waals surface area contributed by atoms with Gasteiger partial charge in [-0.15, -0.1) is 0 Å². The van der Waals surface area contributed by atoms with Gasteiger partial charge in [0, 0.05) is 12.6 Å². The Kier molecular flexibility index (Phi) is 12.4. The maximum absolute atomic E-state index is 11.8. The van der Waals surface area contributed by atoms with E-state index < -0.39 is 17.9 Å². The van der Waals surface area contributed by atoms with Gasteiger partial charge >= 0.3 is 17.9 Å². The van der Waals surface area contributed by atoms with E-state index in [2.05, 4.69) is 6.58 Å². The Labute approximate surface area is 148 Å². The molecule has 0 aliphatic carbocycles. The molecule has 0 N–H and O–H groups in total. The first-order valence-corrected chi connectivity index (χ1v) is 8.24. The summed E-state index contributed by atoms with van der Waals surface area (Å²) in [4.78, 5) is 36.5. The molecule has 0 aliphatic heterocycles. The standard InChI is InChI=1S/C18H27NO6/c1-5-16(20)25-14-13-19(6-2)12-10-9-11-15(17(21)23-7-3)18(22)24-8-4/h5,10-12H,1,6-9,13-14H2,2-4H3/b12-10+. The smallest absolute Gasteiger partial charge is 0.345 e. The van der Waals surface area contributed by atoms with Crippen LogP contribution >= 0.6 is 0 Å². The average molecular weight is 353 g/mol. The summed E-state index contributed by atoms with van der Waals surface area (Å²) in [7, 11) is 0. The van der Waals surface area contributed by atoms with E-state index in [1.807, 2.05) is 18.0 Å². The average Bonchev–Trinajstić information content (AvgIpc) is 2.59. The van der Waals surface area contributed by atoms with E-state index >= 15 is 0 Å². The van der Waals surface area contributed by atoms with Crippen LogP contribution in [0.4, 0.5) is 0 Å². The monoisotopic (exact) mass is 353 g/mol. The van der Waals surface area contributed by atoms with Crippen LogP contribution in [0.2, 0.25) is 0 Å². The van der Waals surface area contributed by atoms with Gasteiger partial charge in [0.25, 0.3) is 0 Å². The minimum absolute atomic E-state index is 0.115. The van der Waals surface area contributed by atoms with Crippen LogP contribution in [0, 0.1) is 0 Å². The second kappa shape index (κ2) is 13.8. The number of nitrogens with zero attached hydrogens (tertiary/aromatic N) is 1. The van der Waals surface area contributed by atoms with Crippen molar-refractivity contribution >= 4 is 17.9 Å². The lowest BCUT2D eigenvalue weighted by molar-refractivity contribution is -0.146. The molecule has 0 aromatic carbocycles. The van der Waals surface area contributed by atoms with Gasteiger partial charge in [0.05, 0.1) is 19.8 Å². The Hall–Kier alpha value is -2.57. The van der Waals surface area contributed by atoms with Gasteiger partial charge in [-0.3, -0.25) is 0 Å². The Bertz CT molecular complexity index is 490. The summed E-state index contributed by atoms with van der Waals surface area (Å²) in [5.74, 6) is -1.85. The van der Waals surface area contributed by atoms with Crippen LogP contribution < -0.4 is 0 Å². The maximum Gasteiger partial charge on any atom is 0.345 e. The second-order valence-electron chi connectivity index (χ2n) is 4.68. The first-order valence-electron chi connectivity index (χ1n) is 8.24. The first-order chi connectivity index (χ1) is 12.0. The van der Waals surface area contributed by atoms with Gasteiger partial charge in [0.2, 0.25) is 0 Å². The zero-order chi connectivity index (χ0) is 19.1. The number of ether oxygens (including phenoxy) is 3. The van der Waals surface area contributed by atoms with E-state index in [0.717, 1.165) is 6.08 Å². The van der Waals surface area contributed by atoms with Crippen molar-refractivity contribution in [1.82, 2.24) is 4.90 Å². The number of likely N-dealkylation sites (N-methyl/N-ethyl adjacent to an activating group) is 1. The van der Waals surface area contributed by atoms with Crippen molar-refractivity contribution in [3.05, 3.63) is 36.6 Å². The molecule has 0 rings (SSSR count). The SMILES string of the molecule is C=CC(=O)OCCN(/C=C/CC=C(C(=O)OCC)C(=O)OCC)CC. The molecule has 0 unspecified atom stereocenters. The van der Waals surface area contributed by atoms with E-state index in [9.17, 15) is 14.4 Å². The van der Waals surface area contributed by atoms with Crippen LogP contribution in [0.3, 0.4) is 0 Å². The molecule has 0 aromatic rings. The normalized spacial score (nSPS) is 10.0. The minimum atomic E-state index is -0.696. The topological polar surface area (TPSA) is 82.1 Å². The van der Waals surface area contributed by atoms with E-state index in [-0.39, 0.29) is 25.4 Å². The second-order valence-corrected chi connectivity index (χ2v) is 4.68. The molecule has 0 fully saturated rings. The number of allylic oxidation sites excluding steroid dienone is 2. The van der Waals surface area contributed by atoms with E-state index in [1.54, 1.807) is 19.9 Å². The molecule has 0 bridgehead atoms. The molecular weight excluding hydrogens is 326 g/mol. The number of hydrogen-bond acceptors (Lipinski definition) is 7. The van der Waals surface area contributed by atoms with E-state index in [0.29, 0.717) is 19.5 Å². The third kappa shape index (κ3) is 10.0. The van der Waals surface area contributed by atoms with Crippen molar-refractivity contribution < 1.29 is 28.6 Å². The van der Waals surface area contributed by atoms with E-state index in [4.69, 9.17) is 14.2 Å². The van der Waals surface area contributed by atoms with Gasteiger partial charge in [-0.25, -0.2) is 14.4 Å². The van der Waals surface area contributed by atoms with E-state index in [1.165, 1.54) is 6.08 Å². The fraction of sp³-hybridized carbons (Fsp3) is 0.500. The van der Waals surface area contributed by atoms with Crippen molar-refractivity contribution in [2.75, 3.05) is 32.9 Å². The lowest BCUT2D eigenvalue weighted by Gasteiger charge is -2.17. The van der Waals surface area contributed by atoms with Crippen molar-refractivity contribution in [3.8, 4) is 0 Å². The molecule has 0 atom stereocenters. The van der Waals surface area contributed by atoms with Crippen molar-refractivity contribution in [2.45, 2.75) is 27.2 Å². The Morgan fingerprint density at radius 3 is 2.08 bits per heavy atom. The van der Waals surface area contributed by atoms with Crippen molar-refractivity contribution in [2.24, 2.45) is 0 Å². The lowest BCUT2D eigenvalue weighted by Crippen LogP contribution is -2.22. The summed E-state index contributed by atoms with van der Waals surface area (Å²) in [6, 6.07) is 0. The Morgan fingerprint density at radius 2 is 1.60 bits per heavy atom. The molecule has 0 spiro atoms. The summed E-state index contributed by atoms with van der Waals surface area (Å²) in [6.07, 6.45) is 6.54. The van der Waals surface area contributed by atoms with Crippen LogP contribution in [-0.2, 0) is 28.6 Å². The summed E-state index contributed by atoms with van der Waals surface area (Å²) in [6.45, 7) is 10.5. The summed E-state index contributed by atoms with van der Waals surface area (Å²) >= 11 is 0. The van der Waals surface area contributed by atoms with Gasteiger partial charge in [0.15, 0.2) is 0 Å². The predicted octanol–water partition coefficient (Wildman–Crippen LogP) is 1.99. The molecule has 0 saturated heterocycles. The first kappa shape index (κ1) is 22.4. The predicted molar refractivity (Wildman–Crippen MR) is 93.5 cm³/mol. The van der Waals surface area contributed by atoms with Gasteiger partial charge in [0.1, 0.15) is 12.2 Å². The fourth-order valence-electron chi connectivity index (χ4n) is 1.72. The molecule has 7 nitrogen and oxygen atoms in total. The molecule has 7 heteroatoms. The molecule has 0 saturated carbocycles. The molecule has 140 valence electrons. The van der Waals surface area contributed by atoms with Crippen molar-refractivity contribution in [3.63, 3.8) is 0 Å². The maximum atomic E-state index is 11.8. The number of carbonyl (C=O) groups is 3. The highest BCUT2D eigenvalue weighted by Crippen LogP contribution is 2.05. The summed E-state index contributed by atoms with van der Waals surface area (Å²) in [5, 5.41) is 0.